The molecule has 1 aromatic heterocycles. The Balaban J connectivity index is 1.89. The van der Waals surface area contributed by atoms with E-state index in [-0.39, 0.29) is 11.8 Å². The molecule has 0 aliphatic carbocycles. The minimum Gasteiger partial charge on any atom is -0.360 e. The van der Waals surface area contributed by atoms with Gasteiger partial charge in [0.1, 0.15) is 6.04 Å². The Labute approximate surface area is 132 Å². The van der Waals surface area contributed by atoms with E-state index >= 15 is 0 Å². The van der Waals surface area contributed by atoms with Crippen LogP contribution in [0.1, 0.15) is 10.4 Å². The Kier molecular flexibility index (Phi) is 4.08. The average Bonchev–Trinajstić information content (AvgIpc) is 3.19. The van der Waals surface area contributed by atoms with Gasteiger partial charge in [0.15, 0.2) is 0 Å². The van der Waals surface area contributed by atoms with Gasteiger partial charge in [-0.15, -0.1) is 11.8 Å². The summed E-state index contributed by atoms with van der Waals surface area (Å²) in [7, 11) is 2.99. The molecule has 0 saturated carbocycles. The summed E-state index contributed by atoms with van der Waals surface area (Å²) in [5, 5.41) is 2.04. The van der Waals surface area contributed by atoms with E-state index in [1.54, 1.807) is 29.9 Å². The Morgan fingerprint density at radius 2 is 2.18 bits per heavy atom. The first-order valence-electron chi connectivity index (χ1n) is 6.90. The maximum Gasteiger partial charge on any atom is 0.269 e. The van der Waals surface area contributed by atoms with Crippen LogP contribution in [-0.2, 0) is 9.63 Å². The number of carbonyl (C=O) groups excluding carboxylic acids is 2. The zero-order valence-electron chi connectivity index (χ0n) is 12.4. The summed E-state index contributed by atoms with van der Waals surface area (Å²) >= 11 is 1.57. The van der Waals surface area contributed by atoms with Gasteiger partial charge < -0.3 is 9.88 Å². The Bertz CT molecular complexity index is 715. The molecule has 1 N–H and O–H groups in total. The van der Waals surface area contributed by atoms with E-state index in [2.05, 4.69) is 4.98 Å². The van der Waals surface area contributed by atoms with E-state index in [0.29, 0.717) is 17.2 Å². The Hall–Kier alpha value is -1.99. The van der Waals surface area contributed by atoms with E-state index in [1.165, 1.54) is 12.2 Å². The second kappa shape index (κ2) is 6.02. The van der Waals surface area contributed by atoms with E-state index < -0.39 is 6.04 Å². The van der Waals surface area contributed by atoms with Crippen molar-refractivity contribution in [2.75, 3.05) is 25.8 Å². The van der Waals surface area contributed by atoms with Crippen molar-refractivity contribution < 1.29 is 14.4 Å². The summed E-state index contributed by atoms with van der Waals surface area (Å²) in [6.45, 7) is 0. The number of carbonyl (C=O) groups is 2. The minimum atomic E-state index is -0.490. The molecule has 2 aromatic rings. The van der Waals surface area contributed by atoms with Gasteiger partial charge in [-0.05, 0) is 6.07 Å². The second-order valence-electron chi connectivity index (χ2n) is 5.06. The first kappa shape index (κ1) is 14.9. The first-order chi connectivity index (χ1) is 10.6. The number of para-hydroxylation sites is 1. The molecule has 1 aliphatic heterocycles. The number of aromatic amines is 1. The summed E-state index contributed by atoms with van der Waals surface area (Å²) in [5.74, 6) is 0.749. The zero-order chi connectivity index (χ0) is 15.7. The number of rotatable bonds is 3. The lowest BCUT2D eigenvalue weighted by Crippen LogP contribution is -2.47. The predicted octanol–water partition coefficient (Wildman–Crippen LogP) is 1.70. The molecule has 1 unspecified atom stereocenters. The number of likely N-dealkylation sites (N-methyl/N-ethyl adjacent to an activating group) is 1. The number of nitrogens with one attached hydrogen (secondary N) is 1. The standard InChI is InChI=1S/C15H17N3O3S/c1-17(21-2)15(20)13-8-22-9-18(13)14(19)11-7-16-12-6-4-3-5-10(11)12/h3-7,13,16H,8-9H2,1-2H3. The molecule has 0 radical (unpaired) electrons. The van der Waals surface area contributed by atoms with Crippen molar-refractivity contribution in [1.29, 1.82) is 0 Å². The largest absolute Gasteiger partial charge is 0.360 e. The maximum atomic E-state index is 12.8. The quantitative estimate of drug-likeness (QED) is 0.875. The van der Waals surface area contributed by atoms with Crippen molar-refractivity contribution in [2.45, 2.75) is 6.04 Å². The number of aromatic nitrogens is 1. The van der Waals surface area contributed by atoms with Gasteiger partial charge in [0.2, 0.25) is 0 Å². The first-order valence-corrected chi connectivity index (χ1v) is 8.05. The van der Waals surface area contributed by atoms with Crippen LogP contribution in [0.3, 0.4) is 0 Å². The van der Waals surface area contributed by atoms with Crippen molar-refractivity contribution >= 4 is 34.5 Å². The Morgan fingerprint density at radius 1 is 1.41 bits per heavy atom. The molecule has 2 amide bonds. The van der Waals surface area contributed by atoms with Crippen LogP contribution in [0.4, 0.5) is 0 Å². The normalized spacial score (nSPS) is 17.9. The van der Waals surface area contributed by atoms with E-state index in [1.807, 2.05) is 24.3 Å². The van der Waals surface area contributed by atoms with Gasteiger partial charge >= 0.3 is 0 Å². The molecule has 7 heteroatoms. The van der Waals surface area contributed by atoms with Crippen LogP contribution in [-0.4, -0.2) is 58.6 Å². The summed E-state index contributed by atoms with van der Waals surface area (Å²) in [6, 6.07) is 7.15. The van der Waals surface area contributed by atoms with Gasteiger partial charge in [0.25, 0.3) is 11.8 Å². The molecular weight excluding hydrogens is 302 g/mol. The summed E-state index contributed by atoms with van der Waals surface area (Å²) in [4.78, 5) is 34.8. The van der Waals surface area contributed by atoms with Gasteiger partial charge in [-0.3, -0.25) is 14.4 Å². The number of hydrogen-bond acceptors (Lipinski definition) is 4. The predicted molar refractivity (Wildman–Crippen MR) is 85.4 cm³/mol. The number of hydrogen-bond donors (Lipinski definition) is 1. The highest BCUT2D eigenvalue weighted by atomic mass is 32.2. The Morgan fingerprint density at radius 3 is 2.95 bits per heavy atom. The molecule has 6 nitrogen and oxygen atoms in total. The fourth-order valence-corrected chi connectivity index (χ4v) is 3.70. The van der Waals surface area contributed by atoms with Crippen LogP contribution in [0.15, 0.2) is 30.5 Å². The van der Waals surface area contributed by atoms with Crippen molar-refractivity contribution in [1.82, 2.24) is 14.9 Å². The number of thioether (sulfide) groups is 1. The lowest BCUT2D eigenvalue weighted by molar-refractivity contribution is -0.172. The molecule has 2 heterocycles. The van der Waals surface area contributed by atoms with E-state index in [0.717, 1.165) is 10.9 Å². The smallest absolute Gasteiger partial charge is 0.269 e. The molecular formula is C15H17N3O3S. The van der Waals surface area contributed by atoms with Crippen molar-refractivity contribution in [3.05, 3.63) is 36.0 Å². The number of H-pyrrole nitrogens is 1. The molecule has 1 atom stereocenters. The van der Waals surface area contributed by atoms with E-state index in [9.17, 15) is 9.59 Å². The fourth-order valence-electron chi connectivity index (χ4n) is 2.55. The number of fused-ring (bicyclic) bond motifs is 1. The highest BCUT2D eigenvalue weighted by Crippen LogP contribution is 2.27. The summed E-state index contributed by atoms with van der Waals surface area (Å²) in [5.41, 5.74) is 1.51. The average molecular weight is 319 g/mol. The third-order valence-electron chi connectivity index (χ3n) is 3.83. The third-order valence-corrected chi connectivity index (χ3v) is 4.84. The molecule has 0 bridgehead atoms. The fraction of sp³-hybridized carbons (Fsp3) is 0.333. The van der Waals surface area contributed by atoms with Crippen molar-refractivity contribution in [3.63, 3.8) is 0 Å². The maximum absolute atomic E-state index is 12.8. The second-order valence-corrected chi connectivity index (χ2v) is 6.06. The molecule has 1 aliphatic rings. The highest BCUT2D eigenvalue weighted by molar-refractivity contribution is 7.99. The minimum absolute atomic E-state index is 0.134. The number of benzene rings is 1. The van der Waals surface area contributed by atoms with E-state index in [4.69, 9.17) is 4.84 Å². The van der Waals surface area contributed by atoms with Gasteiger partial charge in [0, 0.05) is 29.9 Å². The highest BCUT2D eigenvalue weighted by Gasteiger charge is 2.37. The lowest BCUT2D eigenvalue weighted by Gasteiger charge is -2.25. The van der Waals surface area contributed by atoms with Crippen molar-refractivity contribution in [2.24, 2.45) is 0 Å². The molecule has 1 fully saturated rings. The monoisotopic (exact) mass is 319 g/mol. The van der Waals surface area contributed by atoms with Gasteiger partial charge in [-0.1, -0.05) is 18.2 Å². The molecule has 116 valence electrons. The molecule has 3 rings (SSSR count). The molecule has 1 aromatic carbocycles. The van der Waals surface area contributed by atoms with Crippen LogP contribution in [0.5, 0.6) is 0 Å². The van der Waals surface area contributed by atoms with Crippen LogP contribution >= 0.6 is 11.8 Å². The van der Waals surface area contributed by atoms with Gasteiger partial charge in [0.05, 0.1) is 18.6 Å². The SMILES string of the molecule is CON(C)C(=O)C1CSCN1C(=O)c1c[nH]c2ccccc12. The lowest BCUT2D eigenvalue weighted by atomic mass is 10.1. The topological polar surface area (TPSA) is 65.6 Å². The summed E-state index contributed by atoms with van der Waals surface area (Å²) in [6.07, 6.45) is 1.71. The van der Waals surface area contributed by atoms with Gasteiger partial charge in [-0.25, -0.2) is 5.06 Å². The van der Waals surface area contributed by atoms with Gasteiger partial charge in [-0.2, -0.15) is 0 Å². The van der Waals surface area contributed by atoms with Crippen LogP contribution < -0.4 is 0 Å². The summed E-state index contributed by atoms with van der Waals surface area (Å²) < 4.78 is 0. The zero-order valence-corrected chi connectivity index (χ0v) is 13.2. The third kappa shape index (κ3) is 2.46. The molecule has 0 spiro atoms. The molecule has 22 heavy (non-hydrogen) atoms. The number of hydroxylamine groups is 2. The van der Waals surface area contributed by atoms with Crippen LogP contribution in [0, 0.1) is 0 Å². The van der Waals surface area contributed by atoms with Crippen LogP contribution in [0.25, 0.3) is 10.9 Å². The number of amides is 2. The van der Waals surface area contributed by atoms with Crippen LogP contribution in [0.2, 0.25) is 0 Å². The molecule has 1 saturated heterocycles. The number of nitrogens with zero attached hydrogens (tertiary/aromatic N) is 2. The van der Waals surface area contributed by atoms with Crippen molar-refractivity contribution in [3.8, 4) is 0 Å².